The van der Waals surface area contributed by atoms with Gasteiger partial charge < -0.3 is 9.64 Å². The lowest BCUT2D eigenvalue weighted by atomic mass is 9.96. The van der Waals surface area contributed by atoms with Gasteiger partial charge in [0.25, 0.3) is 0 Å². The molecule has 1 fully saturated rings. The Morgan fingerprint density at radius 2 is 2.05 bits per heavy atom. The molecule has 1 N–H and O–H groups in total. The van der Waals surface area contributed by atoms with Crippen LogP contribution < -0.4 is 5.32 Å². The number of nitrogens with one attached hydrogen (secondary N) is 1. The minimum absolute atomic E-state index is 0.100. The summed E-state index contributed by atoms with van der Waals surface area (Å²) in [4.78, 5) is 14.7. The van der Waals surface area contributed by atoms with Crippen LogP contribution in [-0.4, -0.2) is 48.7 Å². The van der Waals surface area contributed by atoms with Crippen molar-refractivity contribution in [3.63, 3.8) is 0 Å². The van der Waals surface area contributed by atoms with Crippen LogP contribution in [0.1, 0.15) is 60.3 Å². The Kier molecular flexibility index (Phi) is 7.67. The lowest BCUT2D eigenvalue weighted by Crippen LogP contribution is -2.53. The Morgan fingerprint density at radius 1 is 1.38 bits per heavy atom. The van der Waals surface area contributed by atoms with Crippen LogP contribution in [0.4, 0.5) is 0 Å². The first-order chi connectivity index (χ1) is 9.95. The minimum atomic E-state index is -0.542. The van der Waals surface area contributed by atoms with E-state index >= 15 is 0 Å². The largest absolute Gasteiger partial charge is 0.465 e. The Labute approximate surface area is 130 Å². The molecule has 1 aliphatic carbocycles. The first-order valence-corrected chi connectivity index (χ1v) is 8.62. The van der Waals surface area contributed by atoms with Gasteiger partial charge in [-0.15, -0.1) is 0 Å². The van der Waals surface area contributed by atoms with Gasteiger partial charge in [-0.05, 0) is 45.6 Å². The second-order valence-electron chi connectivity index (χ2n) is 6.63. The molecule has 0 bridgehead atoms. The second-order valence-corrected chi connectivity index (χ2v) is 6.63. The van der Waals surface area contributed by atoms with Crippen LogP contribution in [0.15, 0.2) is 0 Å². The molecule has 4 heteroatoms. The van der Waals surface area contributed by atoms with E-state index in [0.717, 1.165) is 26.1 Å². The van der Waals surface area contributed by atoms with Crippen molar-refractivity contribution < 1.29 is 9.53 Å². The van der Waals surface area contributed by atoms with Crippen LogP contribution in [0, 0.1) is 5.92 Å². The molecule has 0 aliphatic heterocycles. The fourth-order valence-corrected chi connectivity index (χ4v) is 2.53. The fraction of sp³-hybridized carbons (Fsp3) is 0.941. The maximum Gasteiger partial charge on any atom is 0.326 e. The highest BCUT2D eigenvalue weighted by Crippen LogP contribution is 2.25. The van der Waals surface area contributed by atoms with E-state index in [9.17, 15) is 4.79 Å². The molecule has 1 saturated carbocycles. The zero-order valence-electron chi connectivity index (χ0n) is 14.6. The molecule has 1 aliphatic rings. The van der Waals surface area contributed by atoms with E-state index < -0.39 is 5.54 Å². The molecule has 0 aromatic carbocycles. The standard InChI is InChI=1S/C17H34N2O2/c1-6-14(4)13-19(7-2)12-11-17(5,16(20)21-8-3)18-15-9-10-15/h14-15,18H,6-13H2,1-5H3. The number of carbonyl (C=O) groups is 1. The summed E-state index contributed by atoms with van der Waals surface area (Å²) >= 11 is 0. The zero-order chi connectivity index (χ0) is 15.9. The van der Waals surface area contributed by atoms with E-state index in [2.05, 4.69) is 31.0 Å². The summed E-state index contributed by atoms with van der Waals surface area (Å²) in [6.45, 7) is 14.1. The van der Waals surface area contributed by atoms with Gasteiger partial charge in [-0.25, -0.2) is 0 Å². The predicted molar refractivity (Wildman–Crippen MR) is 87.4 cm³/mol. The number of carbonyl (C=O) groups excluding carboxylic acids is 1. The summed E-state index contributed by atoms with van der Waals surface area (Å²) in [6, 6.07) is 0.504. The molecular weight excluding hydrogens is 264 g/mol. The van der Waals surface area contributed by atoms with E-state index in [1.165, 1.54) is 19.3 Å². The SMILES string of the molecule is CCOC(=O)C(C)(CCN(CC)CC(C)CC)NC1CC1. The van der Waals surface area contributed by atoms with E-state index in [-0.39, 0.29) is 5.97 Å². The average Bonchev–Trinajstić information content (AvgIpc) is 3.27. The molecule has 0 saturated heterocycles. The van der Waals surface area contributed by atoms with Crippen LogP contribution in [0.5, 0.6) is 0 Å². The van der Waals surface area contributed by atoms with Crippen LogP contribution in [0.3, 0.4) is 0 Å². The van der Waals surface area contributed by atoms with E-state index in [4.69, 9.17) is 4.74 Å². The van der Waals surface area contributed by atoms with E-state index in [1.54, 1.807) is 0 Å². The van der Waals surface area contributed by atoms with Crippen molar-refractivity contribution >= 4 is 5.97 Å². The molecule has 4 nitrogen and oxygen atoms in total. The smallest absolute Gasteiger partial charge is 0.326 e. The molecule has 1 rings (SSSR count). The summed E-state index contributed by atoms with van der Waals surface area (Å²) in [7, 11) is 0. The topological polar surface area (TPSA) is 41.6 Å². The second kappa shape index (κ2) is 8.74. The normalized spacial score (nSPS) is 19.3. The molecule has 0 aromatic heterocycles. The van der Waals surface area contributed by atoms with Crippen molar-refractivity contribution in [2.24, 2.45) is 5.92 Å². The molecule has 124 valence electrons. The molecule has 0 spiro atoms. The third-order valence-corrected chi connectivity index (χ3v) is 4.47. The van der Waals surface area contributed by atoms with Crippen LogP contribution in [0.25, 0.3) is 0 Å². The summed E-state index contributed by atoms with van der Waals surface area (Å²) in [6.07, 6.45) is 4.37. The zero-order valence-corrected chi connectivity index (χ0v) is 14.6. The number of esters is 1. The number of nitrogens with zero attached hydrogens (tertiary/aromatic N) is 1. The van der Waals surface area contributed by atoms with Crippen LogP contribution in [-0.2, 0) is 9.53 Å². The number of hydrogen-bond donors (Lipinski definition) is 1. The van der Waals surface area contributed by atoms with Crippen molar-refractivity contribution in [2.75, 3.05) is 26.2 Å². The molecule has 0 radical (unpaired) electrons. The highest BCUT2D eigenvalue weighted by atomic mass is 16.5. The van der Waals surface area contributed by atoms with E-state index in [0.29, 0.717) is 18.6 Å². The number of ether oxygens (including phenoxy) is 1. The third-order valence-electron chi connectivity index (χ3n) is 4.47. The average molecular weight is 298 g/mol. The first kappa shape index (κ1) is 18.4. The lowest BCUT2D eigenvalue weighted by molar-refractivity contribution is -0.151. The van der Waals surface area contributed by atoms with Crippen molar-refractivity contribution in [1.29, 1.82) is 0 Å². The lowest BCUT2D eigenvalue weighted by Gasteiger charge is -2.32. The van der Waals surface area contributed by atoms with Crippen LogP contribution >= 0.6 is 0 Å². The Morgan fingerprint density at radius 3 is 2.52 bits per heavy atom. The van der Waals surface area contributed by atoms with Gasteiger partial charge in [0.1, 0.15) is 5.54 Å². The van der Waals surface area contributed by atoms with Crippen molar-refractivity contribution in [1.82, 2.24) is 10.2 Å². The van der Waals surface area contributed by atoms with Crippen molar-refractivity contribution in [3.8, 4) is 0 Å². The first-order valence-electron chi connectivity index (χ1n) is 8.62. The van der Waals surface area contributed by atoms with Gasteiger partial charge >= 0.3 is 5.97 Å². The predicted octanol–water partition coefficient (Wildman–Crippen LogP) is 2.82. The monoisotopic (exact) mass is 298 g/mol. The van der Waals surface area contributed by atoms with Crippen LogP contribution in [0.2, 0.25) is 0 Å². The highest BCUT2D eigenvalue weighted by Gasteiger charge is 2.39. The van der Waals surface area contributed by atoms with Gasteiger partial charge in [0, 0.05) is 19.1 Å². The molecule has 21 heavy (non-hydrogen) atoms. The molecule has 2 atom stereocenters. The Balaban J connectivity index is 2.56. The van der Waals surface area contributed by atoms with E-state index in [1.807, 2.05) is 13.8 Å². The molecule has 0 aromatic rings. The van der Waals surface area contributed by atoms with Crippen molar-refractivity contribution in [2.45, 2.75) is 71.9 Å². The van der Waals surface area contributed by atoms with Gasteiger partial charge in [-0.2, -0.15) is 0 Å². The summed E-state index contributed by atoms with van der Waals surface area (Å²) < 4.78 is 5.28. The van der Waals surface area contributed by atoms with Gasteiger partial charge in [0.05, 0.1) is 6.61 Å². The van der Waals surface area contributed by atoms with Gasteiger partial charge in [-0.1, -0.05) is 27.2 Å². The van der Waals surface area contributed by atoms with Gasteiger partial charge in [0.15, 0.2) is 0 Å². The van der Waals surface area contributed by atoms with Crippen molar-refractivity contribution in [3.05, 3.63) is 0 Å². The highest BCUT2D eigenvalue weighted by molar-refractivity contribution is 5.80. The third kappa shape index (κ3) is 6.35. The maximum absolute atomic E-state index is 12.3. The number of hydrogen-bond acceptors (Lipinski definition) is 4. The fourth-order valence-electron chi connectivity index (χ4n) is 2.53. The molecule has 2 unspecified atom stereocenters. The summed E-state index contributed by atoms with van der Waals surface area (Å²) in [5.41, 5.74) is -0.542. The maximum atomic E-state index is 12.3. The quantitative estimate of drug-likeness (QED) is 0.596. The molecule has 0 amide bonds. The van der Waals surface area contributed by atoms with Gasteiger partial charge in [-0.3, -0.25) is 10.1 Å². The number of rotatable bonds is 11. The molecular formula is C17H34N2O2. The molecule has 0 heterocycles. The minimum Gasteiger partial charge on any atom is -0.465 e. The summed E-state index contributed by atoms with van der Waals surface area (Å²) in [5, 5.41) is 3.50. The van der Waals surface area contributed by atoms with Gasteiger partial charge in [0.2, 0.25) is 0 Å². The Hall–Kier alpha value is -0.610. The Bertz CT molecular complexity index is 318. The summed E-state index contributed by atoms with van der Waals surface area (Å²) in [5.74, 6) is 0.603.